The molecule has 1 heterocycles. The summed E-state index contributed by atoms with van der Waals surface area (Å²) in [7, 11) is 0. The van der Waals surface area contributed by atoms with Crippen molar-refractivity contribution in [2.75, 3.05) is 0 Å². The summed E-state index contributed by atoms with van der Waals surface area (Å²) in [6.45, 7) is 2.14. The van der Waals surface area contributed by atoms with Crippen LogP contribution in [0, 0.1) is 11.8 Å². The molecule has 0 spiro atoms. The molecule has 0 saturated carbocycles. The molecule has 0 aliphatic carbocycles. The zero-order chi connectivity index (χ0) is 18.2. The molecule has 0 saturated heterocycles. The van der Waals surface area contributed by atoms with Crippen molar-refractivity contribution < 1.29 is 9.53 Å². The summed E-state index contributed by atoms with van der Waals surface area (Å²) < 4.78 is 5.71. The fraction of sp³-hybridized carbons (Fsp3) is 0.261. The van der Waals surface area contributed by atoms with Crippen LogP contribution in [0.15, 0.2) is 60.8 Å². The summed E-state index contributed by atoms with van der Waals surface area (Å²) in [6, 6.07) is 17.6. The highest BCUT2D eigenvalue weighted by molar-refractivity contribution is 5.87. The monoisotopic (exact) mass is 345 g/mol. The number of para-hydroxylation sites is 1. The van der Waals surface area contributed by atoms with Crippen molar-refractivity contribution in [3.63, 3.8) is 0 Å². The maximum Gasteiger partial charge on any atom is 0.311 e. The van der Waals surface area contributed by atoms with Crippen molar-refractivity contribution in [3.8, 4) is 11.8 Å². The Morgan fingerprint density at radius 3 is 2.69 bits per heavy atom. The Kier molecular flexibility index (Phi) is 6.11. The van der Waals surface area contributed by atoms with Crippen LogP contribution in [-0.2, 0) is 16.0 Å². The van der Waals surface area contributed by atoms with Crippen molar-refractivity contribution in [2.24, 2.45) is 0 Å². The molecule has 0 amide bonds. The molecule has 1 atom stereocenters. The molecule has 132 valence electrons. The first kappa shape index (κ1) is 17.8. The minimum absolute atomic E-state index is 0.226. The van der Waals surface area contributed by atoms with Gasteiger partial charge in [0.05, 0.1) is 6.42 Å². The number of carbonyl (C=O) groups is 1. The van der Waals surface area contributed by atoms with E-state index in [1.54, 1.807) is 0 Å². The molecule has 0 radical (unpaired) electrons. The topological polar surface area (TPSA) is 42.1 Å². The molecule has 1 aromatic heterocycles. The van der Waals surface area contributed by atoms with Crippen LogP contribution >= 0.6 is 0 Å². The number of rotatable bonds is 6. The molecule has 3 aromatic rings. The van der Waals surface area contributed by atoms with E-state index in [1.165, 1.54) is 0 Å². The standard InChI is InChI=1S/C23H23NO2/c1-2-3-4-8-15-22(18-11-6-5-7-12-18)26-23(25)16-19-17-24-21-14-10-9-13-20(19)21/h5-7,9-14,17,22,24H,2-4,16H2,1H3. The molecule has 3 rings (SSSR count). The smallest absolute Gasteiger partial charge is 0.311 e. The van der Waals surface area contributed by atoms with Gasteiger partial charge < -0.3 is 9.72 Å². The molecule has 0 bridgehead atoms. The zero-order valence-electron chi connectivity index (χ0n) is 15.0. The number of unbranched alkanes of at least 4 members (excludes halogenated alkanes) is 2. The first-order chi connectivity index (χ1) is 12.8. The molecule has 0 aliphatic heterocycles. The maximum atomic E-state index is 12.5. The summed E-state index contributed by atoms with van der Waals surface area (Å²) in [5.41, 5.74) is 2.87. The Hall–Kier alpha value is -2.99. The molecule has 3 nitrogen and oxygen atoms in total. The fourth-order valence-corrected chi connectivity index (χ4v) is 2.85. The summed E-state index contributed by atoms with van der Waals surface area (Å²) in [4.78, 5) is 15.7. The van der Waals surface area contributed by atoms with Crippen LogP contribution in [-0.4, -0.2) is 11.0 Å². The average molecular weight is 345 g/mol. The Morgan fingerprint density at radius 1 is 1.12 bits per heavy atom. The molecule has 2 aromatic carbocycles. The third kappa shape index (κ3) is 4.55. The van der Waals surface area contributed by atoms with E-state index < -0.39 is 6.10 Å². The lowest BCUT2D eigenvalue weighted by atomic mass is 10.1. The van der Waals surface area contributed by atoms with Gasteiger partial charge in [0.2, 0.25) is 0 Å². The van der Waals surface area contributed by atoms with Gasteiger partial charge in [0, 0.05) is 29.1 Å². The lowest BCUT2D eigenvalue weighted by Gasteiger charge is -2.13. The van der Waals surface area contributed by atoms with Gasteiger partial charge in [0.15, 0.2) is 6.10 Å². The van der Waals surface area contributed by atoms with Crippen LogP contribution in [0.1, 0.15) is 43.4 Å². The Morgan fingerprint density at radius 2 is 1.88 bits per heavy atom. The van der Waals surface area contributed by atoms with Crippen molar-refractivity contribution in [3.05, 3.63) is 71.9 Å². The number of fused-ring (bicyclic) bond motifs is 1. The van der Waals surface area contributed by atoms with Crippen molar-refractivity contribution in [2.45, 2.75) is 38.7 Å². The van der Waals surface area contributed by atoms with E-state index in [0.29, 0.717) is 0 Å². The summed E-state index contributed by atoms with van der Waals surface area (Å²) in [5.74, 6) is 5.99. The SMILES string of the molecule is CCCCC#CC(OC(=O)Cc1c[nH]c2ccccc12)c1ccccc1. The summed E-state index contributed by atoms with van der Waals surface area (Å²) in [5, 5.41) is 1.05. The first-order valence-electron chi connectivity index (χ1n) is 9.05. The van der Waals surface area contributed by atoms with E-state index in [-0.39, 0.29) is 12.4 Å². The molecule has 1 N–H and O–H groups in total. The van der Waals surface area contributed by atoms with E-state index in [4.69, 9.17) is 4.74 Å². The van der Waals surface area contributed by atoms with Gasteiger partial charge in [-0.2, -0.15) is 0 Å². The van der Waals surface area contributed by atoms with Crippen molar-refractivity contribution >= 4 is 16.9 Å². The number of aromatic nitrogens is 1. The Labute approximate surface area is 154 Å². The normalized spacial score (nSPS) is 11.6. The first-order valence-corrected chi connectivity index (χ1v) is 9.05. The lowest BCUT2D eigenvalue weighted by Crippen LogP contribution is -2.12. The summed E-state index contributed by atoms with van der Waals surface area (Å²) in [6.07, 6.45) is 4.55. The third-order valence-corrected chi connectivity index (χ3v) is 4.25. The molecular formula is C23H23NO2. The van der Waals surface area contributed by atoms with Crippen LogP contribution in [0.2, 0.25) is 0 Å². The van der Waals surface area contributed by atoms with Crippen LogP contribution in [0.25, 0.3) is 10.9 Å². The van der Waals surface area contributed by atoms with Gasteiger partial charge in [-0.05, 0) is 18.1 Å². The van der Waals surface area contributed by atoms with E-state index >= 15 is 0 Å². The number of nitrogens with one attached hydrogen (secondary N) is 1. The highest BCUT2D eigenvalue weighted by Gasteiger charge is 2.16. The van der Waals surface area contributed by atoms with Gasteiger partial charge in [0.25, 0.3) is 0 Å². The van der Waals surface area contributed by atoms with Crippen molar-refractivity contribution in [1.29, 1.82) is 0 Å². The van der Waals surface area contributed by atoms with Gasteiger partial charge in [-0.3, -0.25) is 4.79 Å². The Balaban J connectivity index is 1.73. The van der Waals surface area contributed by atoms with Crippen LogP contribution < -0.4 is 0 Å². The molecule has 3 heteroatoms. The molecule has 0 aliphatic rings. The molecule has 1 unspecified atom stereocenters. The summed E-state index contributed by atoms with van der Waals surface area (Å²) >= 11 is 0. The number of carbonyl (C=O) groups excluding carboxylic acids is 1. The van der Waals surface area contributed by atoms with Gasteiger partial charge >= 0.3 is 5.97 Å². The maximum absolute atomic E-state index is 12.5. The van der Waals surface area contributed by atoms with E-state index in [1.807, 2.05) is 60.8 Å². The predicted octanol–water partition coefficient (Wildman–Crippen LogP) is 5.19. The third-order valence-electron chi connectivity index (χ3n) is 4.25. The lowest BCUT2D eigenvalue weighted by molar-refractivity contribution is -0.145. The zero-order valence-corrected chi connectivity index (χ0v) is 15.0. The van der Waals surface area contributed by atoms with Crippen LogP contribution in [0.3, 0.4) is 0 Å². The van der Waals surface area contributed by atoms with Gasteiger partial charge in [-0.25, -0.2) is 0 Å². The van der Waals surface area contributed by atoms with Crippen LogP contribution in [0.4, 0.5) is 0 Å². The number of hydrogen-bond donors (Lipinski definition) is 1. The van der Waals surface area contributed by atoms with E-state index in [9.17, 15) is 4.79 Å². The minimum atomic E-state index is -0.522. The number of hydrogen-bond acceptors (Lipinski definition) is 2. The average Bonchev–Trinajstić information content (AvgIpc) is 3.08. The van der Waals surface area contributed by atoms with Gasteiger partial charge in [0.1, 0.15) is 0 Å². The van der Waals surface area contributed by atoms with Crippen LogP contribution in [0.5, 0.6) is 0 Å². The molecular weight excluding hydrogens is 322 g/mol. The van der Waals surface area contributed by atoms with E-state index in [2.05, 4.69) is 23.7 Å². The number of ether oxygens (including phenoxy) is 1. The molecule has 26 heavy (non-hydrogen) atoms. The second-order valence-electron chi connectivity index (χ2n) is 6.24. The predicted molar refractivity (Wildman–Crippen MR) is 105 cm³/mol. The van der Waals surface area contributed by atoms with Crippen molar-refractivity contribution in [1.82, 2.24) is 4.98 Å². The second kappa shape index (κ2) is 8.92. The Bertz CT molecular complexity index is 915. The fourth-order valence-electron chi connectivity index (χ4n) is 2.85. The largest absolute Gasteiger partial charge is 0.444 e. The number of H-pyrrole nitrogens is 1. The van der Waals surface area contributed by atoms with Gasteiger partial charge in [-0.1, -0.05) is 73.7 Å². The molecule has 0 fully saturated rings. The van der Waals surface area contributed by atoms with E-state index in [0.717, 1.165) is 41.3 Å². The highest BCUT2D eigenvalue weighted by Crippen LogP contribution is 2.21. The number of benzene rings is 2. The second-order valence-corrected chi connectivity index (χ2v) is 6.24. The number of aromatic amines is 1. The quantitative estimate of drug-likeness (QED) is 0.379. The number of esters is 1. The van der Waals surface area contributed by atoms with Gasteiger partial charge in [-0.15, -0.1) is 0 Å². The minimum Gasteiger partial charge on any atom is -0.444 e. The highest BCUT2D eigenvalue weighted by atomic mass is 16.5.